The van der Waals surface area contributed by atoms with E-state index in [2.05, 4.69) is 27.7 Å². The summed E-state index contributed by atoms with van der Waals surface area (Å²) in [6.45, 7) is 4.11. The molecule has 24 heavy (non-hydrogen) atoms. The lowest BCUT2D eigenvalue weighted by Crippen LogP contribution is -2.40. The molecule has 128 valence electrons. The van der Waals surface area contributed by atoms with Crippen molar-refractivity contribution < 1.29 is 9.21 Å². The Labute approximate surface area is 146 Å². The van der Waals surface area contributed by atoms with Crippen LogP contribution >= 0.6 is 11.3 Å². The largest absolute Gasteiger partial charge is 0.469 e. The molecule has 2 fully saturated rings. The van der Waals surface area contributed by atoms with Crippen LogP contribution in [0.15, 0.2) is 40.3 Å². The zero-order valence-corrected chi connectivity index (χ0v) is 14.6. The van der Waals surface area contributed by atoms with Gasteiger partial charge in [-0.15, -0.1) is 11.3 Å². The summed E-state index contributed by atoms with van der Waals surface area (Å²) in [5.41, 5.74) is 0. The van der Waals surface area contributed by atoms with Crippen molar-refractivity contribution in [1.29, 1.82) is 0 Å². The minimum atomic E-state index is 0.113. The SMILES string of the molecule is O=C(NCC1CCCN(Cc2cccs2)C1)C1CC1c1ccco1. The van der Waals surface area contributed by atoms with Crippen molar-refractivity contribution in [1.82, 2.24) is 10.2 Å². The maximum atomic E-state index is 12.3. The van der Waals surface area contributed by atoms with Gasteiger partial charge in [0, 0.05) is 36.3 Å². The molecule has 4 rings (SSSR count). The second-order valence-electron chi connectivity index (χ2n) is 7.03. The summed E-state index contributed by atoms with van der Waals surface area (Å²) in [4.78, 5) is 16.3. The van der Waals surface area contributed by atoms with E-state index in [1.165, 1.54) is 24.3 Å². The summed E-state index contributed by atoms with van der Waals surface area (Å²) in [6, 6.07) is 8.19. The molecule has 3 atom stereocenters. The first kappa shape index (κ1) is 15.9. The predicted octanol–water partition coefficient (Wildman–Crippen LogP) is 3.47. The van der Waals surface area contributed by atoms with Gasteiger partial charge in [-0.05, 0) is 55.3 Å². The molecular formula is C19H24N2O2S. The second kappa shape index (κ2) is 7.11. The fourth-order valence-electron chi connectivity index (χ4n) is 3.76. The first-order valence-electron chi connectivity index (χ1n) is 8.85. The molecule has 4 nitrogen and oxygen atoms in total. The van der Waals surface area contributed by atoms with Gasteiger partial charge in [-0.1, -0.05) is 6.07 Å². The van der Waals surface area contributed by atoms with Crippen LogP contribution in [0.25, 0.3) is 0 Å². The third-order valence-electron chi connectivity index (χ3n) is 5.16. The van der Waals surface area contributed by atoms with Crippen LogP contribution in [0.3, 0.4) is 0 Å². The molecular weight excluding hydrogens is 320 g/mol. The number of piperidine rings is 1. The fourth-order valence-corrected chi connectivity index (χ4v) is 4.51. The van der Waals surface area contributed by atoms with Crippen LogP contribution in [-0.2, 0) is 11.3 Å². The van der Waals surface area contributed by atoms with E-state index in [-0.39, 0.29) is 11.8 Å². The number of furan rings is 1. The molecule has 1 aliphatic carbocycles. The molecule has 1 amide bonds. The number of nitrogens with zero attached hydrogens (tertiary/aromatic N) is 1. The van der Waals surface area contributed by atoms with Gasteiger partial charge in [0.05, 0.1) is 6.26 Å². The van der Waals surface area contributed by atoms with E-state index in [0.29, 0.717) is 11.8 Å². The predicted molar refractivity (Wildman–Crippen MR) is 94.9 cm³/mol. The Hall–Kier alpha value is -1.59. The number of hydrogen-bond donors (Lipinski definition) is 1. The molecule has 5 heteroatoms. The number of hydrogen-bond acceptors (Lipinski definition) is 4. The molecule has 2 aromatic heterocycles. The van der Waals surface area contributed by atoms with E-state index < -0.39 is 0 Å². The Kier molecular flexibility index (Phi) is 4.72. The quantitative estimate of drug-likeness (QED) is 0.873. The van der Waals surface area contributed by atoms with E-state index in [9.17, 15) is 4.79 Å². The fraction of sp³-hybridized carbons (Fsp3) is 0.526. The Balaban J connectivity index is 1.22. The minimum absolute atomic E-state index is 0.113. The Bertz CT molecular complexity index is 653. The molecule has 2 aromatic rings. The van der Waals surface area contributed by atoms with Crippen molar-refractivity contribution in [3.8, 4) is 0 Å². The lowest BCUT2D eigenvalue weighted by atomic mass is 9.98. The summed E-state index contributed by atoms with van der Waals surface area (Å²) >= 11 is 1.83. The lowest BCUT2D eigenvalue weighted by molar-refractivity contribution is -0.122. The van der Waals surface area contributed by atoms with Gasteiger partial charge in [0.25, 0.3) is 0 Å². The molecule has 3 heterocycles. The highest BCUT2D eigenvalue weighted by Crippen LogP contribution is 2.47. The molecule has 0 aromatic carbocycles. The van der Waals surface area contributed by atoms with Crippen molar-refractivity contribution in [2.75, 3.05) is 19.6 Å². The maximum absolute atomic E-state index is 12.3. The van der Waals surface area contributed by atoms with E-state index in [1.54, 1.807) is 6.26 Å². The number of amides is 1. The maximum Gasteiger partial charge on any atom is 0.223 e. The van der Waals surface area contributed by atoms with E-state index >= 15 is 0 Å². The van der Waals surface area contributed by atoms with Gasteiger partial charge in [-0.2, -0.15) is 0 Å². The Morgan fingerprint density at radius 3 is 3.12 bits per heavy atom. The number of carbonyl (C=O) groups is 1. The van der Waals surface area contributed by atoms with Crippen LogP contribution in [0.2, 0.25) is 0 Å². The van der Waals surface area contributed by atoms with Crippen molar-refractivity contribution in [3.05, 3.63) is 46.5 Å². The van der Waals surface area contributed by atoms with Gasteiger partial charge < -0.3 is 9.73 Å². The van der Waals surface area contributed by atoms with Crippen LogP contribution in [-0.4, -0.2) is 30.4 Å². The highest BCUT2D eigenvalue weighted by Gasteiger charge is 2.45. The normalized spacial score (nSPS) is 27.1. The number of thiophene rings is 1. The van der Waals surface area contributed by atoms with Crippen LogP contribution < -0.4 is 5.32 Å². The average Bonchev–Trinajstić information content (AvgIpc) is 3.00. The molecule has 0 radical (unpaired) electrons. The van der Waals surface area contributed by atoms with Crippen LogP contribution in [0.5, 0.6) is 0 Å². The summed E-state index contributed by atoms with van der Waals surface area (Å²) in [6.07, 6.45) is 5.05. The molecule has 1 saturated carbocycles. The molecule has 2 aliphatic rings. The lowest BCUT2D eigenvalue weighted by Gasteiger charge is -2.32. The highest BCUT2D eigenvalue weighted by atomic mass is 32.1. The number of rotatable bonds is 6. The van der Waals surface area contributed by atoms with Gasteiger partial charge in [0.1, 0.15) is 5.76 Å². The van der Waals surface area contributed by atoms with Crippen LogP contribution in [0, 0.1) is 11.8 Å². The zero-order valence-electron chi connectivity index (χ0n) is 13.8. The second-order valence-corrected chi connectivity index (χ2v) is 8.06. The molecule has 1 N–H and O–H groups in total. The van der Waals surface area contributed by atoms with Crippen LogP contribution in [0.4, 0.5) is 0 Å². The van der Waals surface area contributed by atoms with Crippen molar-refractivity contribution in [3.63, 3.8) is 0 Å². The van der Waals surface area contributed by atoms with Crippen molar-refractivity contribution in [2.45, 2.75) is 31.7 Å². The summed E-state index contributed by atoms with van der Waals surface area (Å²) in [7, 11) is 0. The third-order valence-corrected chi connectivity index (χ3v) is 6.02. The molecule has 3 unspecified atom stereocenters. The monoisotopic (exact) mass is 344 g/mol. The Morgan fingerprint density at radius 2 is 2.33 bits per heavy atom. The van der Waals surface area contributed by atoms with Crippen molar-refractivity contribution in [2.24, 2.45) is 11.8 Å². The molecule has 0 bridgehead atoms. The minimum Gasteiger partial charge on any atom is -0.469 e. The van der Waals surface area contributed by atoms with Gasteiger partial charge in [-0.3, -0.25) is 9.69 Å². The van der Waals surface area contributed by atoms with Gasteiger partial charge >= 0.3 is 0 Å². The van der Waals surface area contributed by atoms with Crippen LogP contribution in [0.1, 0.15) is 35.8 Å². The summed E-state index contributed by atoms with van der Waals surface area (Å²) < 4.78 is 5.41. The Morgan fingerprint density at radius 1 is 1.38 bits per heavy atom. The number of carbonyl (C=O) groups excluding carboxylic acids is 1. The summed E-state index contributed by atoms with van der Waals surface area (Å²) in [5.74, 6) is 2.13. The summed E-state index contributed by atoms with van der Waals surface area (Å²) in [5, 5.41) is 5.32. The topological polar surface area (TPSA) is 45.5 Å². The van der Waals surface area contributed by atoms with E-state index in [4.69, 9.17) is 4.42 Å². The van der Waals surface area contributed by atoms with Gasteiger partial charge in [0.2, 0.25) is 5.91 Å². The number of nitrogens with one attached hydrogen (secondary N) is 1. The zero-order chi connectivity index (χ0) is 16.4. The first-order valence-corrected chi connectivity index (χ1v) is 9.73. The van der Waals surface area contributed by atoms with Gasteiger partial charge in [0.15, 0.2) is 0 Å². The van der Waals surface area contributed by atoms with E-state index in [0.717, 1.165) is 31.8 Å². The van der Waals surface area contributed by atoms with Gasteiger partial charge in [-0.25, -0.2) is 0 Å². The molecule has 1 saturated heterocycles. The molecule has 0 spiro atoms. The highest BCUT2D eigenvalue weighted by molar-refractivity contribution is 7.09. The smallest absolute Gasteiger partial charge is 0.223 e. The first-order chi connectivity index (χ1) is 11.8. The molecule has 1 aliphatic heterocycles. The standard InChI is InChI=1S/C19H24N2O2S/c22-19(17-10-16(17)18-6-2-8-23-18)20-11-14-4-1-7-21(12-14)13-15-5-3-9-24-15/h2-3,5-6,8-9,14,16-17H,1,4,7,10-13H2,(H,20,22). The average molecular weight is 344 g/mol. The van der Waals surface area contributed by atoms with Crippen molar-refractivity contribution >= 4 is 17.2 Å². The third kappa shape index (κ3) is 3.73. The number of likely N-dealkylation sites (tertiary alicyclic amines) is 1. The van der Waals surface area contributed by atoms with E-state index in [1.807, 2.05) is 23.5 Å².